The maximum absolute atomic E-state index is 13.1. The van der Waals surface area contributed by atoms with E-state index in [1.807, 2.05) is 73.6 Å². The molecule has 9 nitrogen and oxygen atoms in total. The van der Waals surface area contributed by atoms with Gasteiger partial charge in [-0.25, -0.2) is 5.43 Å². The number of anilines is 1. The first-order valence-corrected chi connectivity index (χ1v) is 12.4. The van der Waals surface area contributed by atoms with Crippen LogP contribution < -0.4 is 15.6 Å². The number of hydrogen-bond donors (Lipinski definition) is 3. The van der Waals surface area contributed by atoms with Crippen LogP contribution in [0.5, 0.6) is 5.75 Å². The highest BCUT2D eigenvalue weighted by Gasteiger charge is 2.14. The molecule has 0 radical (unpaired) electrons. The van der Waals surface area contributed by atoms with Crippen molar-refractivity contribution in [1.82, 2.24) is 10.7 Å². The number of amides is 2. The summed E-state index contributed by atoms with van der Waals surface area (Å²) < 4.78 is 0. The standard InChI is InChI=1S/C31H28N6O3/c1-37(2)27-16-13-22(14-17-27)19-28(33-30(39)23-9-5-3-6-10-23)31(40)36-32-21-24-20-26(15-18-29(24)38)35-34-25-11-7-4-8-12-25/h3-21,38H,1-2H3,(H,33,39)(H,36,40)/b28-19-,32-21+,35-34+. The van der Waals surface area contributed by atoms with Gasteiger partial charge in [0.1, 0.15) is 11.4 Å². The summed E-state index contributed by atoms with van der Waals surface area (Å²) in [7, 11) is 3.86. The zero-order valence-corrected chi connectivity index (χ0v) is 22.0. The molecule has 9 heteroatoms. The monoisotopic (exact) mass is 532 g/mol. The molecule has 0 aliphatic rings. The second-order valence-corrected chi connectivity index (χ2v) is 8.84. The van der Waals surface area contributed by atoms with Gasteiger partial charge in [-0.2, -0.15) is 15.3 Å². The fourth-order valence-corrected chi connectivity index (χ4v) is 3.52. The van der Waals surface area contributed by atoms with Gasteiger partial charge in [-0.3, -0.25) is 9.59 Å². The molecule has 3 N–H and O–H groups in total. The van der Waals surface area contributed by atoms with Crippen LogP contribution in [0.15, 0.2) is 124 Å². The smallest absolute Gasteiger partial charge is 0.287 e. The predicted octanol–water partition coefficient (Wildman–Crippen LogP) is 5.79. The zero-order chi connectivity index (χ0) is 28.3. The predicted molar refractivity (Wildman–Crippen MR) is 157 cm³/mol. The normalized spacial score (nSPS) is 11.5. The van der Waals surface area contributed by atoms with Crippen LogP contribution in [-0.4, -0.2) is 37.2 Å². The highest BCUT2D eigenvalue weighted by atomic mass is 16.3. The summed E-state index contributed by atoms with van der Waals surface area (Å²) in [5, 5.41) is 25.2. The fourth-order valence-electron chi connectivity index (χ4n) is 3.52. The van der Waals surface area contributed by atoms with E-state index in [1.54, 1.807) is 48.5 Å². The van der Waals surface area contributed by atoms with Gasteiger partial charge < -0.3 is 15.3 Å². The largest absolute Gasteiger partial charge is 0.507 e. The summed E-state index contributed by atoms with van der Waals surface area (Å²) in [5.74, 6) is -1.13. The number of carbonyl (C=O) groups is 2. The minimum absolute atomic E-state index is 0.00163. The van der Waals surface area contributed by atoms with E-state index in [2.05, 4.69) is 26.1 Å². The molecule has 0 unspecified atom stereocenters. The van der Waals surface area contributed by atoms with E-state index in [4.69, 9.17) is 0 Å². The van der Waals surface area contributed by atoms with Crippen molar-refractivity contribution in [2.75, 3.05) is 19.0 Å². The molecule has 0 aliphatic heterocycles. The second-order valence-electron chi connectivity index (χ2n) is 8.84. The number of phenolic OH excluding ortho intramolecular Hbond substituents is 1. The number of aromatic hydroxyl groups is 1. The Kier molecular flexibility index (Phi) is 9.13. The van der Waals surface area contributed by atoms with E-state index in [1.165, 1.54) is 12.3 Å². The minimum atomic E-state index is -0.642. The molecule has 0 fully saturated rings. The van der Waals surface area contributed by atoms with Gasteiger partial charge in [-0.05, 0) is 66.2 Å². The van der Waals surface area contributed by atoms with Crippen molar-refractivity contribution in [2.24, 2.45) is 15.3 Å². The molecular weight excluding hydrogens is 504 g/mol. The molecule has 0 saturated carbocycles. The van der Waals surface area contributed by atoms with E-state index in [0.29, 0.717) is 28.1 Å². The Morgan fingerprint density at radius 1 is 0.800 bits per heavy atom. The molecule has 0 spiro atoms. The van der Waals surface area contributed by atoms with Crippen LogP contribution in [0.4, 0.5) is 17.1 Å². The topological polar surface area (TPSA) is 119 Å². The summed E-state index contributed by atoms with van der Waals surface area (Å²) in [4.78, 5) is 27.8. The van der Waals surface area contributed by atoms with E-state index in [0.717, 1.165) is 5.69 Å². The first-order chi connectivity index (χ1) is 19.4. The number of carbonyl (C=O) groups excluding carboxylic acids is 2. The lowest BCUT2D eigenvalue weighted by atomic mass is 10.1. The Hall–Kier alpha value is -5.57. The van der Waals surface area contributed by atoms with Crippen molar-refractivity contribution in [3.05, 3.63) is 126 Å². The molecule has 0 aliphatic carbocycles. The van der Waals surface area contributed by atoms with Gasteiger partial charge in [0.15, 0.2) is 0 Å². The molecule has 4 aromatic rings. The molecular formula is C31H28N6O3. The van der Waals surface area contributed by atoms with Gasteiger partial charge in [0.05, 0.1) is 17.6 Å². The Bertz CT molecular complexity index is 1550. The number of phenols is 1. The SMILES string of the molecule is CN(C)c1ccc(/C=C(\NC(=O)c2ccccc2)C(=O)N/N=C/c2cc(/N=N/c3ccccc3)ccc2O)cc1. The number of hydrogen-bond acceptors (Lipinski definition) is 7. The summed E-state index contributed by atoms with van der Waals surface area (Å²) in [6, 6.07) is 30.0. The molecule has 0 heterocycles. The highest BCUT2D eigenvalue weighted by Crippen LogP contribution is 2.24. The van der Waals surface area contributed by atoms with Gasteiger partial charge in [-0.1, -0.05) is 48.5 Å². The Labute approximate surface area is 232 Å². The maximum atomic E-state index is 13.1. The van der Waals surface area contributed by atoms with Crippen molar-refractivity contribution < 1.29 is 14.7 Å². The quantitative estimate of drug-likeness (QED) is 0.109. The number of nitrogens with one attached hydrogen (secondary N) is 2. The maximum Gasteiger partial charge on any atom is 0.287 e. The number of rotatable bonds is 9. The summed E-state index contributed by atoms with van der Waals surface area (Å²) >= 11 is 0. The average Bonchev–Trinajstić information content (AvgIpc) is 2.98. The van der Waals surface area contributed by atoms with Crippen LogP contribution in [0.25, 0.3) is 6.08 Å². The second kappa shape index (κ2) is 13.3. The van der Waals surface area contributed by atoms with Crippen molar-refractivity contribution in [3.8, 4) is 5.75 Å². The van der Waals surface area contributed by atoms with Gasteiger partial charge >= 0.3 is 0 Å². The molecule has 0 aromatic heterocycles. The van der Waals surface area contributed by atoms with Crippen molar-refractivity contribution >= 4 is 41.2 Å². The van der Waals surface area contributed by atoms with E-state index < -0.39 is 11.8 Å². The first kappa shape index (κ1) is 27.5. The first-order valence-electron chi connectivity index (χ1n) is 12.4. The lowest BCUT2D eigenvalue weighted by Gasteiger charge is -2.12. The number of nitrogens with zero attached hydrogens (tertiary/aromatic N) is 4. The number of benzene rings is 4. The Balaban J connectivity index is 1.52. The van der Waals surface area contributed by atoms with Gasteiger partial charge in [-0.15, -0.1) is 0 Å². The molecule has 0 bridgehead atoms. The van der Waals surface area contributed by atoms with Crippen LogP contribution in [-0.2, 0) is 4.79 Å². The summed E-state index contributed by atoms with van der Waals surface area (Å²) in [6.07, 6.45) is 2.85. The molecule has 0 saturated heterocycles. The highest BCUT2D eigenvalue weighted by molar-refractivity contribution is 6.05. The van der Waals surface area contributed by atoms with Crippen molar-refractivity contribution in [2.45, 2.75) is 0 Å². The molecule has 0 atom stereocenters. The van der Waals surface area contributed by atoms with E-state index in [-0.39, 0.29) is 11.4 Å². The average molecular weight is 533 g/mol. The van der Waals surface area contributed by atoms with E-state index >= 15 is 0 Å². The molecule has 2 amide bonds. The Morgan fingerprint density at radius 2 is 1.45 bits per heavy atom. The molecule has 200 valence electrons. The van der Waals surface area contributed by atoms with Gasteiger partial charge in [0.2, 0.25) is 0 Å². The van der Waals surface area contributed by atoms with Crippen LogP contribution in [0.1, 0.15) is 21.5 Å². The summed E-state index contributed by atoms with van der Waals surface area (Å²) in [5.41, 5.74) is 6.02. The van der Waals surface area contributed by atoms with Crippen LogP contribution in [0.2, 0.25) is 0 Å². The zero-order valence-electron chi connectivity index (χ0n) is 22.0. The molecule has 4 rings (SSSR count). The lowest BCUT2D eigenvalue weighted by molar-refractivity contribution is -0.117. The lowest BCUT2D eigenvalue weighted by Crippen LogP contribution is -2.32. The van der Waals surface area contributed by atoms with E-state index in [9.17, 15) is 14.7 Å². The number of hydrazone groups is 1. The third-order valence-electron chi connectivity index (χ3n) is 5.67. The Morgan fingerprint density at radius 3 is 2.12 bits per heavy atom. The fraction of sp³-hybridized carbons (Fsp3) is 0.0645. The number of azo groups is 1. The van der Waals surface area contributed by atoms with Crippen molar-refractivity contribution in [1.29, 1.82) is 0 Å². The third kappa shape index (κ3) is 7.72. The van der Waals surface area contributed by atoms with Crippen LogP contribution in [0.3, 0.4) is 0 Å². The molecule has 40 heavy (non-hydrogen) atoms. The van der Waals surface area contributed by atoms with Crippen molar-refractivity contribution in [3.63, 3.8) is 0 Å². The van der Waals surface area contributed by atoms with Crippen LogP contribution >= 0.6 is 0 Å². The van der Waals surface area contributed by atoms with Crippen LogP contribution in [0, 0.1) is 0 Å². The summed E-state index contributed by atoms with van der Waals surface area (Å²) in [6.45, 7) is 0. The minimum Gasteiger partial charge on any atom is -0.507 e. The molecule has 4 aromatic carbocycles. The van der Waals surface area contributed by atoms with Gasteiger partial charge in [0, 0.05) is 30.9 Å². The van der Waals surface area contributed by atoms with Gasteiger partial charge in [0.25, 0.3) is 11.8 Å². The third-order valence-corrected chi connectivity index (χ3v) is 5.67.